The molecule has 0 aliphatic heterocycles. The zero-order valence-electron chi connectivity index (χ0n) is 9.82. The van der Waals surface area contributed by atoms with Gasteiger partial charge in [-0.05, 0) is 32.6 Å². The molecule has 1 rings (SSSR count). The fourth-order valence-corrected chi connectivity index (χ4v) is 2.29. The lowest BCUT2D eigenvalue weighted by atomic mass is 9.98. The molecule has 1 aliphatic carbocycles. The standard InChI is InChI=1S/C11H19N3OS/c1-8(13)5-16-6-10(15)14-11(2,7-12)9-3-4-9/h8-9H,3-6,13H2,1-2H3,(H,14,15). The van der Waals surface area contributed by atoms with Gasteiger partial charge in [0, 0.05) is 11.8 Å². The third-order valence-corrected chi connectivity index (χ3v) is 3.87. The summed E-state index contributed by atoms with van der Waals surface area (Å²) < 4.78 is 0. The van der Waals surface area contributed by atoms with Gasteiger partial charge in [0.05, 0.1) is 11.8 Å². The Morgan fingerprint density at radius 1 is 1.75 bits per heavy atom. The molecule has 5 heteroatoms. The van der Waals surface area contributed by atoms with Crippen molar-refractivity contribution in [2.75, 3.05) is 11.5 Å². The van der Waals surface area contributed by atoms with Gasteiger partial charge in [-0.2, -0.15) is 17.0 Å². The summed E-state index contributed by atoms with van der Waals surface area (Å²) in [6, 6.07) is 2.31. The van der Waals surface area contributed by atoms with Crippen molar-refractivity contribution < 1.29 is 4.79 Å². The van der Waals surface area contributed by atoms with Gasteiger partial charge in [0.2, 0.25) is 5.91 Å². The highest BCUT2D eigenvalue weighted by molar-refractivity contribution is 7.99. The lowest BCUT2D eigenvalue weighted by molar-refractivity contribution is -0.119. The molecule has 0 heterocycles. The average molecular weight is 241 g/mol. The largest absolute Gasteiger partial charge is 0.337 e. The van der Waals surface area contributed by atoms with Crippen molar-refractivity contribution in [3.05, 3.63) is 0 Å². The van der Waals surface area contributed by atoms with Crippen LogP contribution in [0.3, 0.4) is 0 Å². The molecule has 1 aliphatic rings. The third kappa shape index (κ3) is 4.03. The maximum atomic E-state index is 11.6. The van der Waals surface area contributed by atoms with Crippen LogP contribution in [0.5, 0.6) is 0 Å². The van der Waals surface area contributed by atoms with Crippen LogP contribution < -0.4 is 11.1 Å². The summed E-state index contributed by atoms with van der Waals surface area (Å²) in [6.45, 7) is 3.72. The second-order valence-electron chi connectivity index (χ2n) is 4.63. The van der Waals surface area contributed by atoms with Gasteiger partial charge in [0.15, 0.2) is 0 Å². The Labute approximate surface area is 101 Å². The molecule has 4 nitrogen and oxygen atoms in total. The molecule has 16 heavy (non-hydrogen) atoms. The SMILES string of the molecule is CC(N)CSCC(=O)NC(C)(C#N)C1CC1. The third-order valence-electron chi connectivity index (χ3n) is 2.64. The molecule has 0 spiro atoms. The quantitative estimate of drug-likeness (QED) is 0.723. The molecule has 90 valence electrons. The van der Waals surface area contributed by atoms with E-state index in [-0.39, 0.29) is 11.9 Å². The van der Waals surface area contributed by atoms with Gasteiger partial charge >= 0.3 is 0 Å². The summed E-state index contributed by atoms with van der Waals surface area (Å²) in [5.41, 5.74) is 4.91. The highest BCUT2D eigenvalue weighted by Crippen LogP contribution is 2.39. The van der Waals surface area contributed by atoms with Crippen molar-refractivity contribution in [2.24, 2.45) is 11.7 Å². The predicted octanol–water partition coefficient (Wildman–Crippen LogP) is 0.875. The molecule has 0 aromatic rings. The summed E-state index contributed by atoms with van der Waals surface area (Å²) in [5.74, 6) is 1.41. The molecule has 0 aromatic carbocycles. The van der Waals surface area contributed by atoms with E-state index in [1.54, 1.807) is 6.92 Å². The number of amides is 1. The van der Waals surface area contributed by atoms with E-state index in [9.17, 15) is 4.79 Å². The van der Waals surface area contributed by atoms with Crippen LogP contribution in [-0.2, 0) is 4.79 Å². The van der Waals surface area contributed by atoms with Gasteiger partial charge in [-0.1, -0.05) is 0 Å². The van der Waals surface area contributed by atoms with Gasteiger partial charge in [-0.25, -0.2) is 0 Å². The molecule has 2 atom stereocenters. The van der Waals surface area contributed by atoms with Crippen LogP contribution in [0, 0.1) is 17.2 Å². The first kappa shape index (κ1) is 13.3. The van der Waals surface area contributed by atoms with Crippen LogP contribution >= 0.6 is 11.8 Å². The number of carbonyl (C=O) groups excluding carboxylic acids is 1. The van der Waals surface area contributed by atoms with Gasteiger partial charge < -0.3 is 11.1 Å². The topological polar surface area (TPSA) is 78.9 Å². The van der Waals surface area contributed by atoms with Crippen molar-refractivity contribution in [1.82, 2.24) is 5.32 Å². The Kier molecular flexibility index (Phi) is 4.63. The van der Waals surface area contributed by atoms with Gasteiger partial charge in [-0.15, -0.1) is 0 Å². The number of hydrogen-bond donors (Lipinski definition) is 2. The molecule has 3 N–H and O–H groups in total. The van der Waals surface area contributed by atoms with Crippen LogP contribution in [0.15, 0.2) is 0 Å². The predicted molar refractivity (Wildman–Crippen MR) is 65.9 cm³/mol. The lowest BCUT2D eigenvalue weighted by Gasteiger charge is -2.22. The van der Waals surface area contributed by atoms with Crippen LogP contribution in [0.2, 0.25) is 0 Å². The van der Waals surface area contributed by atoms with Crippen molar-refractivity contribution in [3.8, 4) is 6.07 Å². The monoisotopic (exact) mass is 241 g/mol. The van der Waals surface area contributed by atoms with Crippen molar-refractivity contribution in [3.63, 3.8) is 0 Å². The zero-order chi connectivity index (χ0) is 12.2. The highest BCUT2D eigenvalue weighted by Gasteiger charge is 2.42. The van der Waals surface area contributed by atoms with Crippen LogP contribution in [0.1, 0.15) is 26.7 Å². The molecule has 0 bridgehead atoms. The molecule has 0 radical (unpaired) electrons. The number of nitrogens with two attached hydrogens (primary N) is 1. The Morgan fingerprint density at radius 3 is 2.81 bits per heavy atom. The van der Waals surface area contributed by atoms with Crippen molar-refractivity contribution >= 4 is 17.7 Å². The molecule has 1 saturated carbocycles. The smallest absolute Gasteiger partial charge is 0.231 e. The molecule has 0 saturated heterocycles. The van der Waals surface area contributed by atoms with Gasteiger partial charge in [0.25, 0.3) is 0 Å². The first-order valence-electron chi connectivity index (χ1n) is 5.53. The Bertz CT molecular complexity index is 296. The first-order valence-corrected chi connectivity index (χ1v) is 6.69. The number of carbonyl (C=O) groups is 1. The lowest BCUT2D eigenvalue weighted by Crippen LogP contribution is -2.47. The van der Waals surface area contributed by atoms with Crippen molar-refractivity contribution in [1.29, 1.82) is 5.26 Å². The fraction of sp³-hybridized carbons (Fsp3) is 0.818. The first-order chi connectivity index (χ1) is 7.48. The number of nitrogens with zero attached hydrogens (tertiary/aromatic N) is 1. The summed E-state index contributed by atoms with van der Waals surface area (Å²) in [4.78, 5) is 11.6. The van der Waals surface area contributed by atoms with E-state index in [0.717, 1.165) is 18.6 Å². The summed E-state index contributed by atoms with van der Waals surface area (Å²) in [5, 5.41) is 11.9. The Balaban J connectivity index is 2.30. The molecule has 0 aromatic heterocycles. The summed E-state index contributed by atoms with van der Waals surface area (Å²) in [6.07, 6.45) is 2.08. The van der Waals surface area contributed by atoms with E-state index in [4.69, 9.17) is 11.0 Å². The summed E-state index contributed by atoms with van der Waals surface area (Å²) >= 11 is 1.51. The van der Waals surface area contributed by atoms with Gasteiger partial charge in [0.1, 0.15) is 5.54 Å². The van der Waals surface area contributed by atoms with E-state index in [1.807, 2.05) is 6.92 Å². The minimum atomic E-state index is -0.675. The highest BCUT2D eigenvalue weighted by atomic mass is 32.2. The maximum absolute atomic E-state index is 11.6. The summed E-state index contributed by atoms with van der Waals surface area (Å²) in [7, 11) is 0. The molecule has 2 unspecified atom stereocenters. The van der Waals surface area contributed by atoms with E-state index in [0.29, 0.717) is 11.7 Å². The minimum Gasteiger partial charge on any atom is -0.337 e. The van der Waals surface area contributed by atoms with E-state index in [2.05, 4.69) is 11.4 Å². The maximum Gasteiger partial charge on any atom is 0.231 e. The Morgan fingerprint density at radius 2 is 2.38 bits per heavy atom. The van der Waals surface area contributed by atoms with E-state index in [1.165, 1.54) is 11.8 Å². The number of hydrogen-bond acceptors (Lipinski definition) is 4. The van der Waals surface area contributed by atoms with Gasteiger partial charge in [-0.3, -0.25) is 4.79 Å². The molecular weight excluding hydrogens is 222 g/mol. The zero-order valence-corrected chi connectivity index (χ0v) is 10.6. The van der Waals surface area contributed by atoms with E-state index >= 15 is 0 Å². The normalized spacial score (nSPS) is 20.6. The number of rotatable bonds is 6. The van der Waals surface area contributed by atoms with Crippen LogP contribution in [-0.4, -0.2) is 29.0 Å². The Hall–Kier alpha value is -0.730. The van der Waals surface area contributed by atoms with E-state index < -0.39 is 5.54 Å². The fourth-order valence-electron chi connectivity index (χ4n) is 1.55. The van der Waals surface area contributed by atoms with Crippen LogP contribution in [0.25, 0.3) is 0 Å². The second kappa shape index (κ2) is 5.55. The molecule has 1 amide bonds. The van der Waals surface area contributed by atoms with Crippen LogP contribution in [0.4, 0.5) is 0 Å². The molecular formula is C11H19N3OS. The molecule has 1 fully saturated rings. The number of nitrogens with one attached hydrogen (secondary N) is 1. The number of thioether (sulfide) groups is 1. The second-order valence-corrected chi connectivity index (χ2v) is 5.66. The average Bonchev–Trinajstić information content (AvgIpc) is 3.00. The van der Waals surface area contributed by atoms with Crippen molar-refractivity contribution in [2.45, 2.75) is 38.3 Å². The minimum absolute atomic E-state index is 0.0680. The number of nitriles is 1.